The summed E-state index contributed by atoms with van der Waals surface area (Å²) in [6.07, 6.45) is 1.69. The van der Waals surface area contributed by atoms with Crippen molar-refractivity contribution < 1.29 is 4.74 Å². The summed E-state index contributed by atoms with van der Waals surface area (Å²) in [4.78, 5) is 12.8. The van der Waals surface area contributed by atoms with Crippen LogP contribution in [0.15, 0.2) is 36.5 Å². The van der Waals surface area contributed by atoms with E-state index in [0.29, 0.717) is 5.28 Å². The van der Waals surface area contributed by atoms with Gasteiger partial charge in [-0.3, -0.25) is 0 Å². The zero-order chi connectivity index (χ0) is 14.7. The Morgan fingerprint density at radius 1 is 1.00 bits per heavy atom. The molecule has 1 aromatic heterocycles. The zero-order valence-electron chi connectivity index (χ0n) is 11.9. The Hall–Kier alpha value is -2.01. The van der Waals surface area contributed by atoms with Gasteiger partial charge < -0.3 is 14.5 Å². The van der Waals surface area contributed by atoms with Crippen molar-refractivity contribution in [1.82, 2.24) is 9.97 Å². The van der Waals surface area contributed by atoms with E-state index >= 15 is 0 Å². The third-order valence-corrected chi connectivity index (χ3v) is 3.83. The highest BCUT2D eigenvalue weighted by Gasteiger charge is 2.18. The summed E-state index contributed by atoms with van der Waals surface area (Å²) in [7, 11) is 1.68. The molecule has 0 amide bonds. The largest absolute Gasteiger partial charge is 0.497 e. The van der Waals surface area contributed by atoms with Crippen LogP contribution >= 0.6 is 11.6 Å². The Kier molecular flexibility index (Phi) is 4.10. The molecule has 0 bridgehead atoms. The van der Waals surface area contributed by atoms with E-state index in [1.165, 1.54) is 5.69 Å². The molecule has 0 atom stereocenters. The number of ether oxygens (including phenoxy) is 1. The average Bonchev–Trinajstić information content (AvgIpc) is 2.55. The first-order chi connectivity index (χ1) is 10.3. The van der Waals surface area contributed by atoms with Crippen molar-refractivity contribution in [1.29, 1.82) is 0 Å². The quantitative estimate of drug-likeness (QED) is 0.815. The van der Waals surface area contributed by atoms with Crippen LogP contribution in [-0.2, 0) is 0 Å². The van der Waals surface area contributed by atoms with Crippen LogP contribution in [0.5, 0.6) is 5.75 Å². The Bertz CT molecular complexity index is 597. The lowest BCUT2D eigenvalue weighted by Gasteiger charge is -2.36. The van der Waals surface area contributed by atoms with Gasteiger partial charge in [0.15, 0.2) is 0 Å². The van der Waals surface area contributed by atoms with Crippen molar-refractivity contribution >= 4 is 23.1 Å². The van der Waals surface area contributed by atoms with E-state index in [1.807, 2.05) is 18.2 Å². The van der Waals surface area contributed by atoms with Crippen LogP contribution < -0.4 is 14.5 Å². The number of piperazine rings is 1. The van der Waals surface area contributed by atoms with Gasteiger partial charge in [-0.05, 0) is 41.9 Å². The minimum atomic E-state index is 0.296. The van der Waals surface area contributed by atoms with Gasteiger partial charge in [-0.15, -0.1) is 0 Å². The molecule has 0 N–H and O–H groups in total. The smallest absolute Gasteiger partial charge is 0.224 e. The average molecular weight is 305 g/mol. The lowest BCUT2D eigenvalue weighted by atomic mass is 10.2. The Morgan fingerprint density at radius 2 is 1.67 bits per heavy atom. The van der Waals surface area contributed by atoms with Gasteiger partial charge in [0.2, 0.25) is 5.28 Å². The van der Waals surface area contributed by atoms with Crippen molar-refractivity contribution in [2.45, 2.75) is 0 Å². The van der Waals surface area contributed by atoms with Crippen molar-refractivity contribution in [3.05, 3.63) is 41.8 Å². The van der Waals surface area contributed by atoms with E-state index in [2.05, 4.69) is 31.9 Å². The first-order valence-electron chi connectivity index (χ1n) is 6.89. The molecule has 0 aliphatic carbocycles. The van der Waals surface area contributed by atoms with E-state index in [4.69, 9.17) is 16.3 Å². The van der Waals surface area contributed by atoms with E-state index in [-0.39, 0.29) is 0 Å². The summed E-state index contributed by atoms with van der Waals surface area (Å²) in [6, 6.07) is 10.1. The summed E-state index contributed by atoms with van der Waals surface area (Å²) in [5.41, 5.74) is 1.22. The van der Waals surface area contributed by atoms with Gasteiger partial charge in [0.1, 0.15) is 11.6 Å². The monoisotopic (exact) mass is 304 g/mol. The Morgan fingerprint density at radius 3 is 2.29 bits per heavy atom. The predicted octanol–water partition coefficient (Wildman–Crippen LogP) is 2.47. The highest BCUT2D eigenvalue weighted by molar-refractivity contribution is 6.28. The molecular formula is C15H17ClN4O. The molecule has 0 saturated carbocycles. The van der Waals surface area contributed by atoms with Crippen LogP contribution in [0.1, 0.15) is 0 Å². The maximum atomic E-state index is 5.85. The highest BCUT2D eigenvalue weighted by atomic mass is 35.5. The van der Waals surface area contributed by atoms with Crippen LogP contribution in [0.2, 0.25) is 5.28 Å². The Balaban J connectivity index is 1.64. The normalized spacial score (nSPS) is 15.1. The second-order valence-electron chi connectivity index (χ2n) is 4.86. The molecule has 0 radical (unpaired) electrons. The second kappa shape index (κ2) is 6.18. The number of anilines is 2. The molecule has 2 aromatic rings. The van der Waals surface area contributed by atoms with Gasteiger partial charge in [-0.25, -0.2) is 9.97 Å². The third-order valence-electron chi connectivity index (χ3n) is 3.65. The fourth-order valence-electron chi connectivity index (χ4n) is 2.49. The lowest BCUT2D eigenvalue weighted by molar-refractivity contribution is 0.415. The molecule has 1 aromatic carbocycles. The molecule has 0 unspecified atom stereocenters. The van der Waals surface area contributed by atoms with E-state index in [0.717, 1.165) is 37.7 Å². The van der Waals surface area contributed by atoms with Crippen molar-refractivity contribution in [2.24, 2.45) is 0 Å². The van der Waals surface area contributed by atoms with Crippen LogP contribution in [0.3, 0.4) is 0 Å². The zero-order valence-corrected chi connectivity index (χ0v) is 12.6. The van der Waals surface area contributed by atoms with Gasteiger partial charge >= 0.3 is 0 Å². The van der Waals surface area contributed by atoms with Crippen molar-refractivity contribution in [3.63, 3.8) is 0 Å². The minimum Gasteiger partial charge on any atom is -0.497 e. The molecule has 1 fully saturated rings. The molecule has 6 heteroatoms. The van der Waals surface area contributed by atoms with Crippen LogP contribution in [-0.4, -0.2) is 43.3 Å². The number of methoxy groups -OCH3 is 1. The summed E-state index contributed by atoms with van der Waals surface area (Å²) >= 11 is 5.85. The molecule has 1 aliphatic heterocycles. The maximum absolute atomic E-state index is 5.85. The summed E-state index contributed by atoms with van der Waals surface area (Å²) < 4.78 is 5.19. The van der Waals surface area contributed by atoms with Gasteiger partial charge in [-0.2, -0.15) is 0 Å². The standard InChI is InChI=1S/C15H17ClN4O/c1-21-13-4-2-12(3-5-13)19-8-10-20(11-9-19)14-6-7-17-15(16)18-14/h2-7H,8-11H2,1H3. The second-order valence-corrected chi connectivity index (χ2v) is 5.19. The van der Waals surface area contributed by atoms with Gasteiger partial charge in [0, 0.05) is 38.1 Å². The number of hydrogen-bond acceptors (Lipinski definition) is 5. The number of rotatable bonds is 3. The number of halogens is 1. The highest BCUT2D eigenvalue weighted by Crippen LogP contribution is 2.22. The first-order valence-corrected chi connectivity index (χ1v) is 7.26. The number of aromatic nitrogens is 2. The SMILES string of the molecule is COc1ccc(N2CCN(c3ccnc(Cl)n3)CC2)cc1. The van der Waals surface area contributed by atoms with Crippen molar-refractivity contribution in [3.8, 4) is 5.75 Å². The van der Waals surface area contributed by atoms with Gasteiger partial charge in [-0.1, -0.05) is 0 Å². The lowest BCUT2D eigenvalue weighted by Crippen LogP contribution is -2.46. The molecule has 1 aliphatic rings. The molecule has 5 nitrogen and oxygen atoms in total. The van der Waals surface area contributed by atoms with Gasteiger partial charge in [0.25, 0.3) is 0 Å². The van der Waals surface area contributed by atoms with Crippen LogP contribution in [0, 0.1) is 0 Å². The molecular weight excluding hydrogens is 288 g/mol. The van der Waals surface area contributed by atoms with Gasteiger partial charge in [0.05, 0.1) is 7.11 Å². The first kappa shape index (κ1) is 13.9. The molecule has 0 spiro atoms. The minimum absolute atomic E-state index is 0.296. The van der Waals surface area contributed by atoms with E-state index in [1.54, 1.807) is 13.3 Å². The number of benzene rings is 1. The topological polar surface area (TPSA) is 41.5 Å². The fraction of sp³-hybridized carbons (Fsp3) is 0.333. The number of nitrogens with zero attached hydrogens (tertiary/aromatic N) is 4. The fourth-order valence-corrected chi connectivity index (χ4v) is 2.63. The molecule has 3 rings (SSSR count). The Labute approximate surface area is 129 Å². The molecule has 21 heavy (non-hydrogen) atoms. The summed E-state index contributed by atoms with van der Waals surface area (Å²) in [5, 5.41) is 0.296. The van der Waals surface area contributed by atoms with Crippen LogP contribution in [0.25, 0.3) is 0 Å². The summed E-state index contributed by atoms with van der Waals surface area (Å²) in [5.74, 6) is 1.78. The maximum Gasteiger partial charge on any atom is 0.224 e. The third kappa shape index (κ3) is 3.19. The molecule has 110 valence electrons. The number of hydrogen-bond donors (Lipinski definition) is 0. The predicted molar refractivity (Wildman–Crippen MR) is 84.5 cm³/mol. The van der Waals surface area contributed by atoms with Crippen LogP contribution in [0.4, 0.5) is 11.5 Å². The van der Waals surface area contributed by atoms with E-state index in [9.17, 15) is 0 Å². The molecule has 2 heterocycles. The van der Waals surface area contributed by atoms with Crippen molar-refractivity contribution in [2.75, 3.05) is 43.1 Å². The molecule has 1 saturated heterocycles. The van der Waals surface area contributed by atoms with E-state index < -0.39 is 0 Å². The summed E-state index contributed by atoms with van der Waals surface area (Å²) in [6.45, 7) is 3.74.